The van der Waals surface area contributed by atoms with E-state index in [0.717, 1.165) is 0 Å². The van der Waals surface area contributed by atoms with Crippen molar-refractivity contribution >= 4 is 17.3 Å². The molecule has 1 unspecified atom stereocenters. The van der Waals surface area contributed by atoms with Crippen LogP contribution in [0.3, 0.4) is 0 Å². The third kappa shape index (κ3) is 1.46. The van der Waals surface area contributed by atoms with Crippen LogP contribution in [-0.2, 0) is 0 Å². The number of hydrogen-bond donors (Lipinski definition) is 0. The van der Waals surface area contributed by atoms with Gasteiger partial charge in [0, 0.05) is 5.25 Å². The second-order valence-electron chi connectivity index (χ2n) is 3.65. The van der Waals surface area contributed by atoms with Gasteiger partial charge in [-0.05, 0) is 19.3 Å². The summed E-state index contributed by atoms with van der Waals surface area (Å²) in [5.41, 5.74) is 2.22. The maximum atomic E-state index is 4.56. The highest BCUT2D eigenvalue weighted by Crippen LogP contribution is 2.39. The fourth-order valence-corrected chi connectivity index (χ4v) is 2.70. The van der Waals surface area contributed by atoms with E-state index in [4.69, 9.17) is 0 Å². The van der Waals surface area contributed by atoms with Crippen molar-refractivity contribution in [3.05, 3.63) is 0 Å². The first-order valence-electron chi connectivity index (χ1n) is 4.30. The lowest BCUT2D eigenvalue weighted by atomic mass is 9.85. The standard InChI is InChI=1S/C9H17NS/c1-5-8-9(4,7(2)3)10-6-11-8/h6-8H,5H2,1-4H3/t8?,9-/m0/s1. The van der Waals surface area contributed by atoms with Gasteiger partial charge in [0.2, 0.25) is 0 Å². The highest BCUT2D eigenvalue weighted by Gasteiger charge is 2.38. The maximum absolute atomic E-state index is 4.56. The lowest BCUT2D eigenvalue weighted by molar-refractivity contribution is 0.334. The summed E-state index contributed by atoms with van der Waals surface area (Å²) in [5.74, 6) is 0.652. The molecule has 1 aliphatic heterocycles. The van der Waals surface area contributed by atoms with E-state index in [0.29, 0.717) is 11.2 Å². The van der Waals surface area contributed by atoms with E-state index in [9.17, 15) is 0 Å². The van der Waals surface area contributed by atoms with Gasteiger partial charge in [0.25, 0.3) is 0 Å². The Labute approximate surface area is 73.7 Å². The number of rotatable bonds is 2. The summed E-state index contributed by atoms with van der Waals surface area (Å²) in [7, 11) is 0. The summed E-state index contributed by atoms with van der Waals surface area (Å²) >= 11 is 1.89. The van der Waals surface area contributed by atoms with Crippen molar-refractivity contribution < 1.29 is 0 Å². The molecule has 2 heteroatoms. The van der Waals surface area contributed by atoms with Crippen molar-refractivity contribution in [2.24, 2.45) is 10.9 Å². The SMILES string of the molecule is CCC1SC=N[C@@]1(C)C(C)C. The highest BCUT2D eigenvalue weighted by molar-refractivity contribution is 8.13. The van der Waals surface area contributed by atoms with Crippen molar-refractivity contribution in [3.63, 3.8) is 0 Å². The summed E-state index contributed by atoms with van der Waals surface area (Å²) in [6.45, 7) is 9.02. The first kappa shape index (κ1) is 9.11. The Morgan fingerprint density at radius 3 is 2.64 bits per heavy atom. The molecule has 0 fully saturated rings. The van der Waals surface area contributed by atoms with E-state index in [1.807, 2.05) is 17.3 Å². The molecule has 0 N–H and O–H groups in total. The van der Waals surface area contributed by atoms with E-state index in [-0.39, 0.29) is 5.54 Å². The van der Waals surface area contributed by atoms with Crippen molar-refractivity contribution in [3.8, 4) is 0 Å². The summed E-state index contributed by atoms with van der Waals surface area (Å²) < 4.78 is 0. The van der Waals surface area contributed by atoms with Gasteiger partial charge < -0.3 is 0 Å². The molecule has 1 heterocycles. The quantitative estimate of drug-likeness (QED) is 0.622. The summed E-state index contributed by atoms with van der Waals surface area (Å²) in [5, 5.41) is 0.697. The summed E-state index contributed by atoms with van der Waals surface area (Å²) in [6, 6.07) is 0. The molecule has 0 aromatic rings. The topological polar surface area (TPSA) is 12.4 Å². The Morgan fingerprint density at radius 2 is 2.27 bits per heavy atom. The van der Waals surface area contributed by atoms with Crippen molar-refractivity contribution in [1.29, 1.82) is 0 Å². The molecule has 0 spiro atoms. The van der Waals surface area contributed by atoms with E-state index < -0.39 is 0 Å². The second kappa shape index (κ2) is 3.18. The molecule has 0 saturated carbocycles. The Hall–Kier alpha value is 0.0200. The van der Waals surface area contributed by atoms with Gasteiger partial charge in [0.05, 0.1) is 11.1 Å². The summed E-state index contributed by atoms with van der Waals surface area (Å²) in [4.78, 5) is 4.56. The minimum absolute atomic E-state index is 0.194. The Balaban J connectivity index is 2.74. The first-order valence-corrected chi connectivity index (χ1v) is 5.24. The Bertz CT molecular complexity index is 165. The van der Waals surface area contributed by atoms with Gasteiger partial charge >= 0.3 is 0 Å². The maximum Gasteiger partial charge on any atom is 0.0730 e. The largest absolute Gasteiger partial charge is 0.279 e. The van der Waals surface area contributed by atoms with Gasteiger partial charge in [0.1, 0.15) is 0 Å². The minimum atomic E-state index is 0.194. The molecule has 1 nitrogen and oxygen atoms in total. The number of nitrogens with zero attached hydrogens (tertiary/aromatic N) is 1. The molecule has 0 bridgehead atoms. The molecule has 0 saturated heterocycles. The van der Waals surface area contributed by atoms with Gasteiger partial charge in [0.15, 0.2) is 0 Å². The lowest BCUT2D eigenvalue weighted by Gasteiger charge is -2.31. The van der Waals surface area contributed by atoms with Crippen LogP contribution >= 0.6 is 11.8 Å². The molecule has 1 aliphatic rings. The third-order valence-corrected chi connectivity index (χ3v) is 4.11. The van der Waals surface area contributed by atoms with Gasteiger partial charge in [-0.1, -0.05) is 20.8 Å². The number of hydrogen-bond acceptors (Lipinski definition) is 2. The second-order valence-corrected chi connectivity index (χ2v) is 4.70. The van der Waals surface area contributed by atoms with Crippen molar-refractivity contribution in [1.82, 2.24) is 0 Å². The fraction of sp³-hybridized carbons (Fsp3) is 0.889. The lowest BCUT2D eigenvalue weighted by Crippen LogP contribution is -2.37. The normalized spacial score (nSPS) is 37.0. The minimum Gasteiger partial charge on any atom is -0.279 e. The Kier molecular flexibility index (Phi) is 2.63. The van der Waals surface area contributed by atoms with Gasteiger partial charge in [-0.2, -0.15) is 0 Å². The third-order valence-electron chi connectivity index (χ3n) is 2.75. The molecule has 64 valence electrons. The smallest absolute Gasteiger partial charge is 0.0730 e. The molecular formula is C9H17NS. The zero-order valence-electron chi connectivity index (χ0n) is 7.79. The first-order chi connectivity index (χ1) is 5.11. The van der Waals surface area contributed by atoms with Crippen LogP contribution in [-0.4, -0.2) is 16.3 Å². The Morgan fingerprint density at radius 1 is 1.64 bits per heavy atom. The van der Waals surface area contributed by atoms with E-state index in [1.54, 1.807) is 0 Å². The van der Waals surface area contributed by atoms with Crippen LogP contribution in [0.4, 0.5) is 0 Å². The molecule has 2 atom stereocenters. The van der Waals surface area contributed by atoms with Gasteiger partial charge in [-0.3, -0.25) is 4.99 Å². The molecule has 0 aromatic heterocycles. The molecule has 0 amide bonds. The predicted molar refractivity (Wildman–Crippen MR) is 53.4 cm³/mol. The fourth-order valence-electron chi connectivity index (χ4n) is 1.47. The van der Waals surface area contributed by atoms with Crippen LogP contribution in [0, 0.1) is 5.92 Å². The average Bonchev–Trinajstić information content (AvgIpc) is 2.32. The molecule has 0 radical (unpaired) electrons. The van der Waals surface area contributed by atoms with Crippen LogP contribution in [0.5, 0.6) is 0 Å². The van der Waals surface area contributed by atoms with Gasteiger partial charge in [-0.25, -0.2) is 0 Å². The van der Waals surface area contributed by atoms with Crippen LogP contribution in [0.15, 0.2) is 4.99 Å². The molecular weight excluding hydrogens is 154 g/mol. The van der Waals surface area contributed by atoms with Crippen LogP contribution in [0.1, 0.15) is 34.1 Å². The summed E-state index contributed by atoms with van der Waals surface area (Å²) in [6.07, 6.45) is 1.22. The molecule has 11 heavy (non-hydrogen) atoms. The molecule has 1 rings (SSSR count). The van der Waals surface area contributed by atoms with E-state index >= 15 is 0 Å². The van der Waals surface area contributed by atoms with Gasteiger partial charge in [-0.15, -0.1) is 11.8 Å². The van der Waals surface area contributed by atoms with Crippen LogP contribution < -0.4 is 0 Å². The highest BCUT2D eigenvalue weighted by atomic mass is 32.2. The van der Waals surface area contributed by atoms with E-state index in [1.165, 1.54) is 6.42 Å². The monoisotopic (exact) mass is 171 g/mol. The number of thioether (sulfide) groups is 1. The van der Waals surface area contributed by atoms with Crippen molar-refractivity contribution in [2.45, 2.75) is 44.9 Å². The molecule has 0 aromatic carbocycles. The molecule has 0 aliphatic carbocycles. The number of aliphatic imine (C=N–C) groups is 1. The van der Waals surface area contributed by atoms with Crippen LogP contribution in [0.2, 0.25) is 0 Å². The average molecular weight is 171 g/mol. The van der Waals surface area contributed by atoms with Crippen LogP contribution in [0.25, 0.3) is 0 Å². The zero-order valence-corrected chi connectivity index (χ0v) is 8.61. The van der Waals surface area contributed by atoms with Crippen molar-refractivity contribution in [2.75, 3.05) is 0 Å². The predicted octanol–water partition coefficient (Wildman–Crippen LogP) is 2.95. The van der Waals surface area contributed by atoms with E-state index in [2.05, 4.69) is 32.7 Å². The zero-order chi connectivity index (χ0) is 8.48.